The van der Waals surface area contributed by atoms with Crippen LogP contribution in [0.15, 0.2) is 48.5 Å². The van der Waals surface area contributed by atoms with Crippen molar-refractivity contribution in [3.63, 3.8) is 0 Å². The van der Waals surface area contributed by atoms with E-state index < -0.39 is 11.9 Å². The van der Waals surface area contributed by atoms with Gasteiger partial charge in [-0.15, -0.1) is 0 Å². The highest BCUT2D eigenvalue weighted by atomic mass is 19.1. The topological polar surface area (TPSA) is 73.9 Å². The van der Waals surface area contributed by atoms with E-state index in [-0.39, 0.29) is 12.4 Å². The summed E-state index contributed by atoms with van der Waals surface area (Å²) < 4.78 is 28.4. The minimum atomic E-state index is -0.633. The maximum atomic E-state index is 12.8. The summed E-state index contributed by atoms with van der Waals surface area (Å²) in [6.07, 6.45) is 3.35. The first kappa shape index (κ1) is 21.9. The van der Waals surface area contributed by atoms with Crippen LogP contribution in [0.4, 0.5) is 4.39 Å². The van der Waals surface area contributed by atoms with Crippen molar-refractivity contribution in [2.75, 3.05) is 26.9 Å². The Kier molecular flexibility index (Phi) is 8.69. The van der Waals surface area contributed by atoms with Gasteiger partial charge in [0, 0.05) is 12.6 Å². The standard InChI is InChI=1S/C22H24FNO5/c1-3-28-19-10-6-17(14-20(19)27-2)7-11-22(26)29-15-21(25)24-13-12-16-4-8-18(23)9-5-16/h4-11,14H,3,12-13,15H2,1-2H3,(H,24,25)/b11-7+. The van der Waals surface area contributed by atoms with Gasteiger partial charge in [-0.1, -0.05) is 18.2 Å². The fourth-order valence-corrected chi connectivity index (χ4v) is 2.46. The molecule has 1 N–H and O–H groups in total. The van der Waals surface area contributed by atoms with Crippen LogP contribution in [-0.4, -0.2) is 38.7 Å². The lowest BCUT2D eigenvalue weighted by molar-refractivity contribution is -0.143. The second kappa shape index (κ2) is 11.5. The molecule has 0 aliphatic rings. The summed E-state index contributed by atoms with van der Waals surface area (Å²) in [6.45, 7) is 2.38. The number of rotatable bonds is 10. The molecular formula is C22H24FNO5. The first-order valence-electron chi connectivity index (χ1n) is 9.18. The van der Waals surface area contributed by atoms with Gasteiger partial charge in [0.2, 0.25) is 0 Å². The minimum absolute atomic E-state index is 0.304. The van der Waals surface area contributed by atoms with Crippen molar-refractivity contribution in [1.82, 2.24) is 5.32 Å². The Morgan fingerprint density at radius 3 is 2.55 bits per heavy atom. The molecule has 0 saturated carbocycles. The van der Waals surface area contributed by atoms with E-state index in [9.17, 15) is 14.0 Å². The molecule has 29 heavy (non-hydrogen) atoms. The molecule has 0 aliphatic carbocycles. The monoisotopic (exact) mass is 401 g/mol. The van der Waals surface area contributed by atoms with Gasteiger partial charge in [-0.05, 0) is 54.8 Å². The van der Waals surface area contributed by atoms with Gasteiger partial charge in [0.05, 0.1) is 13.7 Å². The second-order valence-corrected chi connectivity index (χ2v) is 6.01. The summed E-state index contributed by atoms with van der Waals surface area (Å²) in [4.78, 5) is 23.5. The molecule has 0 saturated heterocycles. The molecule has 0 atom stereocenters. The molecule has 6 nitrogen and oxygen atoms in total. The van der Waals surface area contributed by atoms with Crippen molar-refractivity contribution in [1.29, 1.82) is 0 Å². The Labute approximate surface area is 169 Å². The SMILES string of the molecule is CCOc1ccc(/C=C/C(=O)OCC(=O)NCCc2ccc(F)cc2)cc1OC. The third-order valence-corrected chi connectivity index (χ3v) is 3.89. The second-order valence-electron chi connectivity index (χ2n) is 6.01. The largest absolute Gasteiger partial charge is 0.493 e. The Morgan fingerprint density at radius 2 is 1.86 bits per heavy atom. The van der Waals surface area contributed by atoms with Crippen LogP contribution >= 0.6 is 0 Å². The maximum Gasteiger partial charge on any atom is 0.331 e. The Bertz CT molecular complexity index is 849. The first-order chi connectivity index (χ1) is 14.0. The van der Waals surface area contributed by atoms with E-state index in [1.54, 1.807) is 36.4 Å². The molecule has 0 aliphatic heterocycles. The molecule has 0 aromatic heterocycles. The van der Waals surface area contributed by atoms with Gasteiger partial charge >= 0.3 is 5.97 Å². The van der Waals surface area contributed by atoms with Gasteiger partial charge in [0.1, 0.15) is 5.82 Å². The van der Waals surface area contributed by atoms with Crippen LogP contribution in [0, 0.1) is 5.82 Å². The molecule has 0 spiro atoms. The van der Waals surface area contributed by atoms with Gasteiger partial charge < -0.3 is 19.5 Å². The van der Waals surface area contributed by atoms with Crippen LogP contribution in [0.25, 0.3) is 6.08 Å². The predicted molar refractivity (Wildman–Crippen MR) is 107 cm³/mol. The number of carbonyl (C=O) groups excluding carboxylic acids is 2. The zero-order valence-electron chi connectivity index (χ0n) is 16.4. The van der Waals surface area contributed by atoms with E-state index in [2.05, 4.69) is 5.32 Å². The lowest BCUT2D eigenvalue weighted by Crippen LogP contribution is -2.30. The summed E-state index contributed by atoms with van der Waals surface area (Å²) in [7, 11) is 1.54. The summed E-state index contributed by atoms with van der Waals surface area (Å²) in [6, 6.07) is 11.3. The molecule has 7 heteroatoms. The third-order valence-electron chi connectivity index (χ3n) is 3.89. The average Bonchev–Trinajstić information content (AvgIpc) is 2.73. The van der Waals surface area contributed by atoms with E-state index in [4.69, 9.17) is 14.2 Å². The fraction of sp³-hybridized carbons (Fsp3) is 0.273. The highest BCUT2D eigenvalue weighted by molar-refractivity contribution is 5.89. The molecule has 0 bridgehead atoms. The van der Waals surface area contributed by atoms with Gasteiger partial charge in [-0.2, -0.15) is 0 Å². The van der Waals surface area contributed by atoms with E-state index in [0.29, 0.717) is 31.1 Å². The minimum Gasteiger partial charge on any atom is -0.493 e. The highest BCUT2D eigenvalue weighted by Gasteiger charge is 2.06. The number of hydrogen-bond donors (Lipinski definition) is 1. The molecule has 1 amide bonds. The normalized spacial score (nSPS) is 10.6. The lowest BCUT2D eigenvalue weighted by Gasteiger charge is -2.09. The average molecular weight is 401 g/mol. The number of hydrogen-bond acceptors (Lipinski definition) is 5. The smallest absolute Gasteiger partial charge is 0.331 e. The quantitative estimate of drug-likeness (QED) is 0.489. The Hall–Kier alpha value is -3.35. The molecule has 2 aromatic carbocycles. The molecule has 2 rings (SSSR count). The lowest BCUT2D eigenvalue weighted by atomic mass is 10.1. The van der Waals surface area contributed by atoms with E-state index in [1.165, 1.54) is 25.3 Å². The molecule has 0 fully saturated rings. The Balaban J connectivity index is 1.74. The van der Waals surface area contributed by atoms with E-state index in [1.807, 2.05) is 6.92 Å². The van der Waals surface area contributed by atoms with Crippen molar-refractivity contribution in [2.45, 2.75) is 13.3 Å². The zero-order chi connectivity index (χ0) is 21.1. The van der Waals surface area contributed by atoms with Crippen molar-refractivity contribution in [2.24, 2.45) is 0 Å². The van der Waals surface area contributed by atoms with E-state index >= 15 is 0 Å². The maximum absolute atomic E-state index is 12.8. The first-order valence-corrected chi connectivity index (χ1v) is 9.18. The van der Waals surface area contributed by atoms with Crippen LogP contribution in [0.1, 0.15) is 18.1 Å². The molecule has 0 unspecified atom stereocenters. The number of esters is 1. The van der Waals surface area contributed by atoms with Crippen LogP contribution in [0.5, 0.6) is 11.5 Å². The number of ether oxygens (including phenoxy) is 3. The molecule has 0 radical (unpaired) electrons. The molecule has 2 aromatic rings. The van der Waals surface area contributed by atoms with Crippen LogP contribution < -0.4 is 14.8 Å². The number of nitrogens with one attached hydrogen (secondary N) is 1. The number of methoxy groups -OCH3 is 1. The van der Waals surface area contributed by atoms with Crippen molar-refractivity contribution < 1.29 is 28.2 Å². The number of carbonyl (C=O) groups is 2. The number of halogens is 1. The van der Waals surface area contributed by atoms with Gasteiger partial charge in [-0.25, -0.2) is 9.18 Å². The van der Waals surface area contributed by atoms with Crippen LogP contribution in [0.2, 0.25) is 0 Å². The summed E-state index contributed by atoms with van der Waals surface area (Å²) in [5, 5.41) is 2.64. The van der Waals surface area contributed by atoms with Crippen molar-refractivity contribution >= 4 is 18.0 Å². The Morgan fingerprint density at radius 1 is 1.10 bits per heavy atom. The van der Waals surface area contributed by atoms with Crippen LogP contribution in [0.3, 0.4) is 0 Å². The highest BCUT2D eigenvalue weighted by Crippen LogP contribution is 2.28. The van der Waals surface area contributed by atoms with Crippen molar-refractivity contribution in [3.05, 3.63) is 65.5 Å². The van der Waals surface area contributed by atoms with Crippen molar-refractivity contribution in [3.8, 4) is 11.5 Å². The van der Waals surface area contributed by atoms with E-state index in [0.717, 1.165) is 11.1 Å². The molecule has 0 heterocycles. The number of amides is 1. The predicted octanol–water partition coefficient (Wildman–Crippen LogP) is 3.15. The van der Waals surface area contributed by atoms with Gasteiger partial charge in [-0.3, -0.25) is 4.79 Å². The number of benzene rings is 2. The van der Waals surface area contributed by atoms with Crippen LogP contribution in [-0.2, 0) is 20.7 Å². The summed E-state index contributed by atoms with van der Waals surface area (Å²) in [5.41, 5.74) is 1.63. The zero-order valence-corrected chi connectivity index (χ0v) is 16.4. The summed E-state index contributed by atoms with van der Waals surface area (Å²) >= 11 is 0. The van der Waals surface area contributed by atoms with Gasteiger partial charge in [0.15, 0.2) is 18.1 Å². The van der Waals surface area contributed by atoms with Gasteiger partial charge in [0.25, 0.3) is 5.91 Å². The summed E-state index contributed by atoms with van der Waals surface area (Å²) in [5.74, 6) is -0.167. The molecular weight excluding hydrogens is 377 g/mol. The third kappa shape index (κ3) is 7.65. The fourth-order valence-electron chi connectivity index (χ4n) is 2.46. The molecule has 154 valence electrons.